The minimum Gasteiger partial charge on any atom is -0.442 e. The van der Waals surface area contributed by atoms with Crippen LogP contribution in [-0.2, 0) is 12.6 Å². The zero-order valence-electron chi connectivity index (χ0n) is 16.1. The summed E-state index contributed by atoms with van der Waals surface area (Å²) in [5.74, 6) is 0.243. The van der Waals surface area contributed by atoms with Crippen LogP contribution in [0.1, 0.15) is 52.6 Å². The second-order valence-corrected chi connectivity index (χ2v) is 7.15. The summed E-state index contributed by atoms with van der Waals surface area (Å²) in [5, 5.41) is 20.6. The third-order valence-electron chi connectivity index (χ3n) is 5.21. The standard InChI is InChI=1S/C21H17F3N6O/c22-21(23,24)18-11(7-25)8-29-20-13(18)2-1-3-16(20)30-12-4-5-15(26)14(6-12)19(27)17-9-28-10-31-17/h4-6,8-10,16,27,30H,1-3,26H2. The van der Waals surface area contributed by atoms with E-state index in [1.807, 2.05) is 0 Å². The predicted molar refractivity (Wildman–Crippen MR) is 107 cm³/mol. The van der Waals surface area contributed by atoms with Crippen molar-refractivity contribution in [2.24, 2.45) is 0 Å². The van der Waals surface area contributed by atoms with Gasteiger partial charge in [0.15, 0.2) is 12.2 Å². The number of aromatic nitrogens is 2. The number of nitrogens with zero attached hydrogens (tertiary/aromatic N) is 3. The average molecular weight is 426 g/mol. The van der Waals surface area contributed by atoms with Gasteiger partial charge in [0.1, 0.15) is 11.8 Å². The molecule has 0 spiro atoms. The first-order chi connectivity index (χ1) is 14.8. The van der Waals surface area contributed by atoms with Crippen LogP contribution in [0.4, 0.5) is 24.5 Å². The van der Waals surface area contributed by atoms with Gasteiger partial charge in [0.05, 0.1) is 29.1 Å². The quantitative estimate of drug-likeness (QED) is 0.418. The Balaban J connectivity index is 1.69. The number of nitrogens with one attached hydrogen (secondary N) is 2. The van der Waals surface area contributed by atoms with E-state index in [1.54, 1.807) is 24.3 Å². The molecule has 1 aromatic carbocycles. The molecule has 10 heteroatoms. The molecule has 0 saturated heterocycles. The van der Waals surface area contributed by atoms with E-state index in [0.717, 1.165) is 6.20 Å². The SMILES string of the molecule is N#Cc1cnc2c(c1C(F)(F)F)CCCC2Nc1ccc(N)c(C(=N)c2cnco2)c1. The van der Waals surface area contributed by atoms with Gasteiger partial charge in [0.25, 0.3) is 0 Å². The Morgan fingerprint density at radius 3 is 2.81 bits per heavy atom. The van der Waals surface area contributed by atoms with E-state index in [2.05, 4.69) is 15.3 Å². The van der Waals surface area contributed by atoms with Gasteiger partial charge in [-0.15, -0.1) is 0 Å². The lowest BCUT2D eigenvalue weighted by atomic mass is 9.86. The van der Waals surface area contributed by atoms with E-state index in [-0.39, 0.29) is 29.2 Å². The van der Waals surface area contributed by atoms with E-state index in [1.165, 1.54) is 12.6 Å². The Morgan fingerprint density at radius 2 is 2.13 bits per heavy atom. The number of pyridine rings is 1. The number of rotatable bonds is 4. The van der Waals surface area contributed by atoms with Crippen LogP contribution >= 0.6 is 0 Å². The molecule has 31 heavy (non-hydrogen) atoms. The van der Waals surface area contributed by atoms with Crippen molar-refractivity contribution in [1.82, 2.24) is 9.97 Å². The summed E-state index contributed by atoms with van der Waals surface area (Å²) < 4.78 is 46.1. The zero-order valence-corrected chi connectivity index (χ0v) is 16.1. The van der Waals surface area contributed by atoms with Crippen LogP contribution in [0, 0.1) is 16.7 Å². The Morgan fingerprint density at radius 1 is 1.32 bits per heavy atom. The number of benzene rings is 1. The first-order valence-electron chi connectivity index (χ1n) is 9.42. The topological polar surface area (TPSA) is 125 Å². The fourth-order valence-electron chi connectivity index (χ4n) is 3.83. The summed E-state index contributed by atoms with van der Waals surface area (Å²) in [7, 11) is 0. The Hall–Kier alpha value is -3.87. The van der Waals surface area contributed by atoms with Crippen LogP contribution in [0.3, 0.4) is 0 Å². The molecule has 2 heterocycles. The molecule has 1 aliphatic carbocycles. The number of fused-ring (bicyclic) bond motifs is 1. The molecule has 0 fully saturated rings. The van der Waals surface area contributed by atoms with Gasteiger partial charge in [-0.1, -0.05) is 0 Å². The minimum absolute atomic E-state index is 0.0406. The fourth-order valence-corrected chi connectivity index (χ4v) is 3.83. The Kier molecular flexibility index (Phi) is 5.10. The number of nitrogens with two attached hydrogens (primary N) is 1. The molecule has 1 unspecified atom stereocenters. The summed E-state index contributed by atoms with van der Waals surface area (Å²) in [4.78, 5) is 7.98. The molecule has 0 aliphatic heterocycles. The van der Waals surface area contributed by atoms with Crippen LogP contribution < -0.4 is 11.1 Å². The second-order valence-electron chi connectivity index (χ2n) is 7.15. The van der Waals surface area contributed by atoms with E-state index in [4.69, 9.17) is 20.8 Å². The number of halogens is 3. The van der Waals surface area contributed by atoms with E-state index in [0.29, 0.717) is 29.8 Å². The van der Waals surface area contributed by atoms with Crippen molar-refractivity contribution in [3.8, 4) is 6.07 Å². The van der Waals surface area contributed by atoms with Crippen molar-refractivity contribution in [3.05, 3.63) is 70.7 Å². The monoisotopic (exact) mass is 426 g/mol. The largest absolute Gasteiger partial charge is 0.442 e. The first-order valence-corrected chi connectivity index (χ1v) is 9.42. The number of anilines is 2. The van der Waals surface area contributed by atoms with Gasteiger partial charge in [-0.05, 0) is 43.0 Å². The third-order valence-corrected chi connectivity index (χ3v) is 5.21. The smallest absolute Gasteiger partial charge is 0.418 e. The van der Waals surface area contributed by atoms with Crippen LogP contribution in [0.2, 0.25) is 0 Å². The average Bonchev–Trinajstić information content (AvgIpc) is 3.28. The maximum absolute atomic E-state index is 13.6. The summed E-state index contributed by atoms with van der Waals surface area (Å²) >= 11 is 0. The predicted octanol–water partition coefficient (Wildman–Crippen LogP) is 4.45. The van der Waals surface area contributed by atoms with Crippen molar-refractivity contribution in [2.45, 2.75) is 31.5 Å². The van der Waals surface area contributed by atoms with Gasteiger partial charge in [-0.3, -0.25) is 10.4 Å². The van der Waals surface area contributed by atoms with Crippen molar-refractivity contribution in [1.29, 1.82) is 10.7 Å². The number of nitrogen functional groups attached to an aromatic ring is 1. The Labute approximate surface area is 175 Å². The molecular formula is C21H17F3N6O. The molecule has 1 atom stereocenters. The molecule has 4 rings (SSSR count). The van der Waals surface area contributed by atoms with Gasteiger partial charge in [-0.25, -0.2) is 4.98 Å². The summed E-state index contributed by atoms with van der Waals surface area (Å²) in [5.41, 5.74) is 6.34. The van der Waals surface area contributed by atoms with Crippen molar-refractivity contribution >= 4 is 17.1 Å². The van der Waals surface area contributed by atoms with Gasteiger partial charge in [0, 0.05) is 23.1 Å². The number of hydrogen-bond donors (Lipinski definition) is 3. The maximum atomic E-state index is 13.6. The van der Waals surface area contributed by atoms with E-state index >= 15 is 0 Å². The van der Waals surface area contributed by atoms with E-state index < -0.39 is 23.3 Å². The number of oxazole rings is 1. The molecule has 0 bridgehead atoms. The number of alkyl halides is 3. The highest BCUT2D eigenvalue weighted by Gasteiger charge is 2.39. The van der Waals surface area contributed by atoms with Crippen LogP contribution in [0.15, 0.2) is 41.4 Å². The first kappa shape index (κ1) is 20.4. The highest BCUT2D eigenvalue weighted by atomic mass is 19.4. The maximum Gasteiger partial charge on any atom is 0.418 e. The van der Waals surface area contributed by atoms with Gasteiger partial charge in [0.2, 0.25) is 0 Å². The molecule has 3 aromatic rings. The lowest BCUT2D eigenvalue weighted by molar-refractivity contribution is -0.138. The molecule has 4 N–H and O–H groups in total. The lowest BCUT2D eigenvalue weighted by Gasteiger charge is -2.29. The molecule has 158 valence electrons. The molecule has 1 aliphatic rings. The van der Waals surface area contributed by atoms with Crippen LogP contribution in [0.25, 0.3) is 0 Å². The Bertz CT molecular complexity index is 1180. The summed E-state index contributed by atoms with van der Waals surface area (Å²) in [6.07, 6.45) is 0.238. The van der Waals surface area contributed by atoms with E-state index in [9.17, 15) is 13.2 Å². The zero-order chi connectivity index (χ0) is 22.2. The highest BCUT2D eigenvalue weighted by molar-refractivity contribution is 6.12. The van der Waals surface area contributed by atoms with Crippen LogP contribution in [0.5, 0.6) is 0 Å². The van der Waals surface area contributed by atoms with Gasteiger partial charge >= 0.3 is 6.18 Å². The van der Waals surface area contributed by atoms with Crippen molar-refractivity contribution < 1.29 is 17.6 Å². The minimum atomic E-state index is -4.64. The molecular weight excluding hydrogens is 409 g/mol. The molecule has 0 saturated carbocycles. The summed E-state index contributed by atoms with van der Waals surface area (Å²) in [6, 6.07) is 6.07. The summed E-state index contributed by atoms with van der Waals surface area (Å²) in [6.45, 7) is 0. The molecule has 7 nitrogen and oxygen atoms in total. The highest BCUT2D eigenvalue weighted by Crippen LogP contribution is 2.41. The van der Waals surface area contributed by atoms with Crippen molar-refractivity contribution in [2.75, 3.05) is 11.1 Å². The van der Waals surface area contributed by atoms with Crippen LogP contribution in [-0.4, -0.2) is 15.7 Å². The fraction of sp³-hybridized carbons (Fsp3) is 0.238. The molecule has 0 amide bonds. The molecule has 0 radical (unpaired) electrons. The number of nitriles is 1. The lowest BCUT2D eigenvalue weighted by Crippen LogP contribution is -2.24. The normalized spacial score (nSPS) is 15.7. The molecule has 2 aromatic heterocycles. The van der Waals surface area contributed by atoms with Gasteiger partial charge in [-0.2, -0.15) is 18.4 Å². The van der Waals surface area contributed by atoms with Gasteiger partial charge < -0.3 is 15.5 Å². The third kappa shape index (κ3) is 3.82. The van der Waals surface area contributed by atoms with Crippen molar-refractivity contribution in [3.63, 3.8) is 0 Å². The second kappa shape index (κ2) is 7.75. The number of hydrogen-bond acceptors (Lipinski definition) is 7.